The zero-order valence-electron chi connectivity index (χ0n) is 14.2. The Morgan fingerprint density at radius 3 is 2.57 bits per heavy atom. The number of terminal acetylenes is 1. The molecular formula is C15H28N4O4. The first-order valence-corrected chi connectivity index (χ1v) is 7.46. The molecule has 0 saturated carbocycles. The molecule has 0 aliphatic carbocycles. The van der Waals surface area contributed by atoms with E-state index in [1.165, 1.54) is 0 Å². The molecule has 0 heterocycles. The SMILES string of the molecule is C#CCOCCOCCNC(=NCCN)NC(=O)OC(C)(C)C. The van der Waals surface area contributed by atoms with Crippen LogP contribution in [0.1, 0.15) is 20.8 Å². The largest absolute Gasteiger partial charge is 0.444 e. The maximum Gasteiger partial charge on any atom is 0.414 e. The van der Waals surface area contributed by atoms with E-state index in [1.807, 2.05) is 0 Å². The van der Waals surface area contributed by atoms with Crippen LogP contribution in [-0.2, 0) is 14.2 Å². The van der Waals surface area contributed by atoms with Crippen LogP contribution in [0.15, 0.2) is 4.99 Å². The average Bonchev–Trinajstić information content (AvgIpc) is 2.45. The summed E-state index contributed by atoms with van der Waals surface area (Å²) >= 11 is 0. The minimum absolute atomic E-state index is 0.275. The number of aliphatic imine (C=N–C) groups is 1. The number of amides is 1. The monoisotopic (exact) mass is 328 g/mol. The van der Waals surface area contributed by atoms with Crippen molar-refractivity contribution in [3.05, 3.63) is 0 Å². The summed E-state index contributed by atoms with van der Waals surface area (Å²) in [6, 6.07) is 0. The molecule has 0 aliphatic rings. The fraction of sp³-hybridized carbons (Fsp3) is 0.733. The predicted molar refractivity (Wildman–Crippen MR) is 89.2 cm³/mol. The second kappa shape index (κ2) is 12.7. The molecule has 132 valence electrons. The van der Waals surface area contributed by atoms with Crippen LogP contribution in [0, 0.1) is 12.3 Å². The normalized spacial score (nSPS) is 11.7. The van der Waals surface area contributed by atoms with Gasteiger partial charge in [-0.05, 0) is 20.8 Å². The van der Waals surface area contributed by atoms with Gasteiger partial charge in [0.25, 0.3) is 0 Å². The van der Waals surface area contributed by atoms with Gasteiger partial charge in [-0.15, -0.1) is 6.42 Å². The van der Waals surface area contributed by atoms with Crippen LogP contribution in [0.25, 0.3) is 0 Å². The van der Waals surface area contributed by atoms with E-state index in [9.17, 15) is 4.79 Å². The van der Waals surface area contributed by atoms with E-state index in [-0.39, 0.29) is 6.61 Å². The van der Waals surface area contributed by atoms with Gasteiger partial charge in [0.15, 0.2) is 0 Å². The molecule has 0 spiro atoms. The van der Waals surface area contributed by atoms with Crippen molar-refractivity contribution in [2.24, 2.45) is 10.7 Å². The number of nitrogens with two attached hydrogens (primary N) is 1. The third-order valence-electron chi connectivity index (χ3n) is 2.11. The van der Waals surface area contributed by atoms with E-state index in [1.54, 1.807) is 20.8 Å². The molecule has 0 aromatic rings. The molecule has 0 radical (unpaired) electrons. The predicted octanol–water partition coefficient (Wildman–Crippen LogP) is 0.0818. The van der Waals surface area contributed by atoms with E-state index in [4.69, 9.17) is 26.4 Å². The first-order valence-electron chi connectivity index (χ1n) is 7.46. The summed E-state index contributed by atoms with van der Waals surface area (Å²) in [6.07, 6.45) is 4.47. The molecule has 0 saturated heterocycles. The highest BCUT2D eigenvalue weighted by Crippen LogP contribution is 2.06. The van der Waals surface area contributed by atoms with Crippen molar-refractivity contribution in [1.29, 1.82) is 0 Å². The lowest BCUT2D eigenvalue weighted by Gasteiger charge is -2.20. The van der Waals surface area contributed by atoms with E-state index in [2.05, 4.69) is 21.5 Å². The van der Waals surface area contributed by atoms with Crippen LogP contribution in [0.4, 0.5) is 4.79 Å². The summed E-state index contributed by atoms with van der Waals surface area (Å²) in [5, 5.41) is 5.50. The fourth-order valence-electron chi connectivity index (χ4n) is 1.31. The molecule has 0 rings (SSSR count). The van der Waals surface area contributed by atoms with E-state index in [0.717, 1.165) is 0 Å². The molecule has 8 nitrogen and oxygen atoms in total. The number of guanidine groups is 1. The van der Waals surface area contributed by atoms with Crippen molar-refractivity contribution >= 4 is 12.1 Å². The van der Waals surface area contributed by atoms with Gasteiger partial charge in [0.1, 0.15) is 12.2 Å². The summed E-state index contributed by atoms with van der Waals surface area (Å²) in [4.78, 5) is 15.9. The molecule has 0 aromatic heterocycles. The van der Waals surface area contributed by atoms with Gasteiger partial charge in [-0.1, -0.05) is 5.92 Å². The molecule has 1 amide bonds. The Morgan fingerprint density at radius 2 is 1.96 bits per heavy atom. The van der Waals surface area contributed by atoms with Gasteiger partial charge in [0.05, 0.1) is 26.4 Å². The second-order valence-electron chi connectivity index (χ2n) is 5.44. The van der Waals surface area contributed by atoms with Gasteiger partial charge in [0.2, 0.25) is 5.96 Å². The Labute approximate surface area is 138 Å². The summed E-state index contributed by atoms with van der Waals surface area (Å²) in [7, 11) is 0. The van der Waals surface area contributed by atoms with E-state index in [0.29, 0.717) is 45.4 Å². The number of ether oxygens (including phenoxy) is 3. The number of carbonyl (C=O) groups excluding carboxylic acids is 1. The number of nitrogens with one attached hydrogen (secondary N) is 2. The van der Waals surface area contributed by atoms with Crippen molar-refractivity contribution in [3.63, 3.8) is 0 Å². The summed E-state index contributed by atoms with van der Waals surface area (Å²) in [6.45, 7) is 8.17. The Kier molecular flexibility index (Phi) is 11.7. The van der Waals surface area contributed by atoms with Crippen LogP contribution < -0.4 is 16.4 Å². The van der Waals surface area contributed by atoms with Gasteiger partial charge < -0.3 is 25.3 Å². The van der Waals surface area contributed by atoms with Gasteiger partial charge in [-0.3, -0.25) is 10.3 Å². The number of hydrogen-bond acceptors (Lipinski definition) is 6. The number of rotatable bonds is 9. The average molecular weight is 328 g/mol. The van der Waals surface area contributed by atoms with Gasteiger partial charge in [-0.2, -0.15) is 0 Å². The lowest BCUT2D eigenvalue weighted by atomic mass is 10.2. The van der Waals surface area contributed by atoms with Gasteiger partial charge in [0, 0.05) is 13.1 Å². The topological polar surface area (TPSA) is 107 Å². The van der Waals surface area contributed by atoms with Gasteiger partial charge >= 0.3 is 6.09 Å². The van der Waals surface area contributed by atoms with Gasteiger partial charge in [-0.25, -0.2) is 4.79 Å². The molecule has 0 unspecified atom stereocenters. The van der Waals surface area contributed by atoms with Crippen molar-refractivity contribution in [2.45, 2.75) is 26.4 Å². The molecule has 0 bridgehead atoms. The lowest BCUT2D eigenvalue weighted by molar-refractivity contribution is 0.0557. The Balaban J connectivity index is 4.02. The van der Waals surface area contributed by atoms with Crippen LogP contribution >= 0.6 is 0 Å². The Morgan fingerprint density at radius 1 is 1.26 bits per heavy atom. The fourth-order valence-corrected chi connectivity index (χ4v) is 1.31. The van der Waals surface area contributed by atoms with Crippen molar-refractivity contribution < 1.29 is 19.0 Å². The highest BCUT2D eigenvalue weighted by molar-refractivity contribution is 5.94. The van der Waals surface area contributed by atoms with Crippen LogP contribution in [0.5, 0.6) is 0 Å². The zero-order valence-corrected chi connectivity index (χ0v) is 14.2. The molecule has 23 heavy (non-hydrogen) atoms. The molecule has 0 fully saturated rings. The number of carbonyl (C=O) groups is 1. The summed E-state index contributed by atoms with van der Waals surface area (Å²) in [5.41, 5.74) is 4.83. The molecular weight excluding hydrogens is 300 g/mol. The van der Waals surface area contributed by atoms with Crippen LogP contribution in [0.3, 0.4) is 0 Å². The third kappa shape index (κ3) is 14.9. The minimum Gasteiger partial charge on any atom is -0.444 e. The summed E-state index contributed by atoms with van der Waals surface area (Å²) < 4.78 is 15.6. The van der Waals surface area contributed by atoms with E-state index >= 15 is 0 Å². The Hall–Kier alpha value is -1.82. The smallest absolute Gasteiger partial charge is 0.414 e. The van der Waals surface area contributed by atoms with Crippen molar-refractivity contribution in [2.75, 3.05) is 46.1 Å². The van der Waals surface area contributed by atoms with Crippen LogP contribution in [0.2, 0.25) is 0 Å². The first kappa shape index (κ1) is 21.2. The zero-order chi connectivity index (χ0) is 17.6. The minimum atomic E-state index is -0.579. The first-order chi connectivity index (χ1) is 10.9. The van der Waals surface area contributed by atoms with E-state index < -0.39 is 11.7 Å². The number of nitrogens with zero attached hydrogens (tertiary/aromatic N) is 1. The highest BCUT2D eigenvalue weighted by Gasteiger charge is 2.17. The van der Waals surface area contributed by atoms with Crippen LogP contribution in [-0.4, -0.2) is 63.7 Å². The molecule has 0 aliphatic heterocycles. The second-order valence-corrected chi connectivity index (χ2v) is 5.44. The molecule has 4 N–H and O–H groups in total. The number of alkyl carbamates (subject to hydrolysis) is 1. The van der Waals surface area contributed by atoms with Crippen molar-refractivity contribution in [1.82, 2.24) is 10.6 Å². The quantitative estimate of drug-likeness (QED) is 0.239. The summed E-state index contributed by atoms with van der Waals surface area (Å²) in [5.74, 6) is 2.67. The third-order valence-corrected chi connectivity index (χ3v) is 2.11. The Bertz CT molecular complexity index is 399. The maximum atomic E-state index is 11.7. The number of hydrogen-bond donors (Lipinski definition) is 3. The maximum absolute atomic E-state index is 11.7. The highest BCUT2D eigenvalue weighted by atomic mass is 16.6. The lowest BCUT2D eigenvalue weighted by Crippen LogP contribution is -2.44. The molecule has 0 aromatic carbocycles. The molecule has 8 heteroatoms. The standard InChI is InChI=1S/C15H28N4O4/c1-5-9-21-11-12-22-10-8-18-13(17-7-6-16)19-14(20)23-15(2,3)4/h1H,6-12,16H2,2-4H3,(H2,17,18,19,20). The van der Waals surface area contributed by atoms with Crippen molar-refractivity contribution in [3.8, 4) is 12.3 Å². The molecule has 0 atom stereocenters.